The van der Waals surface area contributed by atoms with Crippen molar-refractivity contribution in [1.29, 1.82) is 0 Å². The molecule has 5 aromatic rings. The van der Waals surface area contributed by atoms with Crippen molar-refractivity contribution in [3.63, 3.8) is 0 Å². The summed E-state index contributed by atoms with van der Waals surface area (Å²) in [6.45, 7) is -0.0298. The summed E-state index contributed by atoms with van der Waals surface area (Å²) in [7, 11) is 4.71. The molecule has 0 aliphatic carbocycles. The van der Waals surface area contributed by atoms with Crippen LogP contribution in [0.25, 0.3) is 33.9 Å². The first-order valence-electron chi connectivity index (χ1n) is 13.5. The number of aromatic hydroxyl groups is 2. The largest absolute Gasteiger partial charge is 0.508 e. The number of ether oxygens (including phenoxy) is 5. The molecule has 3 N–H and O–H groups in total. The number of rotatable bonds is 4. The third kappa shape index (κ3) is 5.12. The second kappa shape index (κ2) is 11.2. The molecule has 224 valence electrons. The number of fused-ring (bicyclic) bond motifs is 5. The highest BCUT2D eigenvalue weighted by Crippen LogP contribution is 2.49. The first-order valence-corrected chi connectivity index (χ1v) is 13.5. The minimum Gasteiger partial charge on any atom is -0.508 e. The number of methoxy groups -OCH3 is 3. The number of benzene rings is 4. The predicted octanol–water partition coefficient (Wildman–Crippen LogP) is 5.60. The number of aliphatic hydroxyl groups is 1. The lowest BCUT2D eigenvalue weighted by Gasteiger charge is -2.39. The maximum absolute atomic E-state index is 12.0. The zero-order valence-electron chi connectivity index (χ0n) is 24.0. The van der Waals surface area contributed by atoms with Crippen molar-refractivity contribution in [2.45, 2.75) is 5.79 Å². The molecule has 3 heterocycles. The van der Waals surface area contributed by atoms with Crippen LogP contribution in [0.2, 0.25) is 0 Å². The molecule has 0 fully saturated rings. The molecule has 1 unspecified atom stereocenters. The minimum absolute atomic E-state index is 0.0298. The first kappa shape index (κ1) is 28.5. The molecule has 0 saturated carbocycles. The van der Waals surface area contributed by atoms with Gasteiger partial charge in [0.05, 0.1) is 21.3 Å². The average Bonchev–Trinajstić information content (AvgIpc) is 3.02. The van der Waals surface area contributed by atoms with E-state index in [0.29, 0.717) is 45.6 Å². The Hall–Kier alpha value is -5.61. The Kier molecular flexibility index (Phi) is 7.28. The Morgan fingerprint density at radius 1 is 0.818 bits per heavy atom. The molecule has 1 aromatic heterocycles. The quantitative estimate of drug-likeness (QED) is 0.241. The molecule has 0 spiro atoms. The molecule has 10 heteroatoms. The fourth-order valence-electron chi connectivity index (χ4n) is 5.11. The van der Waals surface area contributed by atoms with Crippen molar-refractivity contribution >= 4 is 22.6 Å². The van der Waals surface area contributed by atoms with E-state index in [-0.39, 0.29) is 34.5 Å². The smallest absolute Gasteiger partial charge is 0.270 e. The molecule has 44 heavy (non-hydrogen) atoms. The Bertz CT molecular complexity index is 1960. The van der Waals surface area contributed by atoms with Crippen molar-refractivity contribution in [3.8, 4) is 51.6 Å². The van der Waals surface area contributed by atoms with Crippen LogP contribution in [0.3, 0.4) is 0 Å². The summed E-state index contributed by atoms with van der Waals surface area (Å²) in [5.74, 6) is 1.29. The molecule has 0 bridgehead atoms. The van der Waals surface area contributed by atoms with E-state index in [4.69, 9.17) is 28.1 Å². The lowest BCUT2D eigenvalue weighted by Crippen LogP contribution is -2.47. The Balaban J connectivity index is 0.000000162. The van der Waals surface area contributed by atoms with Gasteiger partial charge in [0.25, 0.3) is 5.79 Å². The third-order valence-electron chi connectivity index (χ3n) is 7.27. The van der Waals surface area contributed by atoms with Crippen LogP contribution >= 0.6 is 0 Å². The van der Waals surface area contributed by atoms with E-state index < -0.39 is 5.79 Å². The van der Waals surface area contributed by atoms with Crippen LogP contribution in [0.1, 0.15) is 11.1 Å². The van der Waals surface area contributed by atoms with E-state index in [0.717, 1.165) is 17.2 Å². The maximum atomic E-state index is 12.0. The van der Waals surface area contributed by atoms with E-state index in [1.807, 2.05) is 48.5 Å². The summed E-state index contributed by atoms with van der Waals surface area (Å²) in [5.41, 5.74) is 2.73. The number of phenolic OH excluding ortho intramolecular Hbond substituents is 2. The fraction of sp³-hybridized carbons (Fsp3) is 0.147. The SMILES string of the molecule is COc1ccc2c(c1)OC1(O)COc3cc(OC)c(OC)cc3C1=C2.O=c1cc(-c2ccccc2)oc2cc(O)cc(O)c12. The highest BCUT2D eigenvalue weighted by Gasteiger charge is 2.44. The van der Waals surface area contributed by atoms with Gasteiger partial charge >= 0.3 is 0 Å². The van der Waals surface area contributed by atoms with Gasteiger partial charge in [0.1, 0.15) is 45.5 Å². The van der Waals surface area contributed by atoms with Gasteiger partial charge in [-0.3, -0.25) is 4.79 Å². The predicted molar refractivity (Wildman–Crippen MR) is 163 cm³/mol. The molecule has 0 saturated heterocycles. The molecular formula is C34H28O10. The molecular weight excluding hydrogens is 568 g/mol. The number of hydrogen-bond donors (Lipinski definition) is 3. The molecule has 4 aromatic carbocycles. The topological polar surface area (TPSA) is 137 Å². The minimum atomic E-state index is -1.58. The lowest BCUT2D eigenvalue weighted by atomic mass is 9.90. The summed E-state index contributed by atoms with van der Waals surface area (Å²) < 4.78 is 33.1. The highest BCUT2D eigenvalue weighted by molar-refractivity contribution is 5.92. The summed E-state index contributed by atoms with van der Waals surface area (Å²) in [5, 5.41) is 30.2. The molecule has 7 rings (SSSR count). The Morgan fingerprint density at radius 3 is 2.30 bits per heavy atom. The maximum Gasteiger partial charge on any atom is 0.270 e. The summed E-state index contributed by atoms with van der Waals surface area (Å²) in [4.78, 5) is 12.0. The molecule has 2 aliphatic heterocycles. The third-order valence-corrected chi connectivity index (χ3v) is 7.27. The lowest BCUT2D eigenvalue weighted by molar-refractivity contribution is -0.116. The molecule has 10 nitrogen and oxygen atoms in total. The average molecular weight is 597 g/mol. The van der Waals surface area contributed by atoms with Gasteiger partial charge in [0, 0.05) is 52.6 Å². The van der Waals surface area contributed by atoms with Gasteiger partial charge in [-0.2, -0.15) is 0 Å². The second-order valence-corrected chi connectivity index (χ2v) is 10.0. The van der Waals surface area contributed by atoms with Crippen LogP contribution in [0.4, 0.5) is 0 Å². The first-order chi connectivity index (χ1) is 21.2. The van der Waals surface area contributed by atoms with E-state index >= 15 is 0 Å². The van der Waals surface area contributed by atoms with Crippen LogP contribution in [-0.2, 0) is 0 Å². The van der Waals surface area contributed by atoms with Gasteiger partial charge in [-0.1, -0.05) is 30.3 Å². The van der Waals surface area contributed by atoms with E-state index in [1.54, 1.807) is 39.5 Å². The molecule has 0 amide bonds. The molecule has 0 radical (unpaired) electrons. The van der Waals surface area contributed by atoms with Crippen LogP contribution in [0.5, 0.6) is 40.2 Å². The number of hydrogen-bond acceptors (Lipinski definition) is 10. The normalized spacial score (nSPS) is 16.0. The molecule has 2 aliphatic rings. The monoisotopic (exact) mass is 596 g/mol. The van der Waals surface area contributed by atoms with E-state index in [1.165, 1.54) is 12.1 Å². The standard InChI is InChI=1S/C19H18O6.C15H10O4/c1-21-12-5-4-11-6-14-13-8-17(22-2)18(23-3)9-16(13)24-10-19(14,20)25-15(11)7-12;16-10-6-11(17)15-12(18)8-13(19-14(15)7-10)9-4-2-1-3-5-9/h4-9,20H,10H2,1-3H3;1-8,16-17H. The summed E-state index contributed by atoms with van der Waals surface area (Å²) in [6.07, 6.45) is 1.89. The zero-order valence-corrected chi connectivity index (χ0v) is 24.0. The van der Waals surface area contributed by atoms with Crippen LogP contribution in [0, 0.1) is 0 Å². The van der Waals surface area contributed by atoms with Crippen molar-refractivity contribution < 1.29 is 43.4 Å². The second-order valence-electron chi connectivity index (χ2n) is 10.0. The zero-order chi connectivity index (χ0) is 31.0. The van der Waals surface area contributed by atoms with Crippen LogP contribution in [0.15, 0.2) is 88.1 Å². The van der Waals surface area contributed by atoms with Crippen LogP contribution < -0.4 is 29.1 Å². The molecule has 1 atom stereocenters. The van der Waals surface area contributed by atoms with Gasteiger partial charge < -0.3 is 43.4 Å². The van der Waals surface area contributed by atoms with Gasteiger partial charge in [-0.15, -0.1) is 0 Å². The van der Waals surface area contributed by atoms with E-state index in [9.17, 15) is 20.1 Å². The van der Waals surface area contributed by atoms with Crippen molar-refractivity contribution in [1.82, 2.24) is 0 Å². The fourth-order valence-corrected chi connectivity index (χ4v) is 5.11. The number of phenols is 2. The van der Waals surface area contributed by atoms with Gasteiger partial charge in [0.2, 0.25) is 0 Å². The van der Waals surface area contributed by atoms with Crippen molar-refractivity contribution in [2.24, 2.45) is 0 Å². The van der Waals surface area contributed by atoms with Gasteiger partial charge in [-0.05, 0) is 24.3 Å². The Labute approximate surface area is 251 Å². The van der Waals surface area contributed by atoms with Crippen molar-refractivity contribution in [3.05, 3.63) is 100 Å². The van der Waals surface area contributed by atoms with Crippen molar-refractivity contribution in [2.75, 3.05) is 27.9 Å². The highest BCUT2D eigenvalue weighted by atomic mass is 16.7. The van der Waals surface area contributed by atoms with Gasteiger partial charge in [0.15, 0.2) is 23.5 Å². The summed E-state index contributed by atoms with van der Waals surface area (Å²) in [6, 6.07) is 21.9. The van der Waals surface area contributed by atoms with E-state index in [2.05, 4.69) is 0 Å². The van der Waals surface area contributed by atoms with Gasteiger partial charge in [-0.25, -0.2) is 0 Å². The van der Waals surface area contributed by atoms with Crippen LogP contribution in [-0.4, -0.2) is 49.0 Å². The Morgan fingerprint density at radius 2 is 1.57 bits per heavy atom. The summed E-state index contributed by atoms with van der Waals surface area (Å²) >= 11 is 0.